The predicted octanol–water partition coefficient (Wildman–Crippen LogP) is 3.26. The second-order valence-corrected chi connectivity index (χ2v) is 3.94. The number of phenols is 1. The van der Waals surface area contributed by atoms with E-state index in [1.807, 2.05) is 20.8 Å². The Labute approximate surface area is 95.0 Å². The molecule has 0 fully saturated rings. The van der Waals surface area contributed by atoms with Crippen LogP contribution in [0.2, 0.25) is 5.02 Å². The average Bonchev–Trinajstić information content (AvgIpc) is 2.12. The van der Waals surface area contributed by atoms with E-state index in [0.29, 0.717) is 23.4 Å². The van der Waals surface area contributed by atoms with Gasteiger partial charge in [0, 0.05) is 17.8 Å². The fourth-order valence-corrected chi connectivity index (χ4v) is 1.47. The third kappa shape index (κ3) is 3.20. The van der Waals surface area contributed by atoms with Gasteiger partial charge in [0.2, 0.25) is 0 Å². The molecule has 0 radical (unpaired) electrons. The molecule has 0 saturated heterocycles. The van der Waals surface area contributed by atoms with E-state index in [-0.39, 0.29) is 5.75 Å². The lowest BCUT2D eigenvalue weighted by Crippen LogP contribution is -2.09. The Hall–Kier alpha value is -1.09. The van der Waals surface area contributed by atoms with Crippen LogP contribution in [0.15, 0.2) is 12.1 Å². The van der Waals surface area contributed by atoms with Crippen molar-refractivity contribution in [2.45, 2.75) is 26.8 Å². The first-order chi connectivity index (χ1) is 7.04. The van der Waals surface area contributed by atoms with Gasteiger partial charge < -0.3 is 15.2 Å². The maximum Gasteiger partial charge on any atom is 0.176 e. The summed E-state index contributed by atoms with van der Waals surface area (Å²) < 4.78 is 5.27. The molecule has 0 atom stereocenters. The summed E-state index contributed by atoms with van der Waals surface area (Å²) >= 11 is 5.87. The summed E-state index contributed by atoms with van der Waals surface area (Å²) in [6.45, 7) is 6.41. The largest absolute Gasteiger partial charge is 0.503 e. The van der Waals surface area contributed by atoms with Crippen LogP contribution >= 0.6 is 11.6 Å². The minimum atomic E-state index is -0.00665. The van der Waals surface area contributed by atoms with E-state index in [1.54, 1.807) is 12.1 Å². The van der Waals surface area contributed by atoms with Gasteiger partial charge in [-0.25, -0.2) is 0 Å². The second kappa shape index (κ2) is 5.12. The van der Waals surface area contributed by atoms with E-state index in [2.05, 4.69) is 5.32 Å². The lowest BCUT2D eigenvalue weighted by atomic mass is 10.2. The Kier molecular flexibility index (Phi) is 4.09. The van der Waals surface area contributed by atoms with Crippen LogP contribution in [0, 0.1) is 0 Å². The molecule has 0 aliphatic carbocycles. The van der Waals surface area contributed by atoms with Crippen molar-refractivity contribution in [3.63, 3.8) is 0 Å². The van der Waals surface area contributed by atoms with Crippen molar-refractivity contribution in [1.29, 1.82) is 0 Å². The van der Waals surface area contributed by atoms with Crippen LogP contribution in [0.25, 0.3) is 0 Å². The van der Waals surface area contributed by atoms with E-state index in [1.165, 1.54) is 0 Å². The number of hydrogen-bond acceptors (Lipinski definition) is 3. The summed E-state index contributed by atoms with van der Waals surface area (Å²) in [5, 5.41) is 13.1. The summed E-state index contributed by atoms with van der Waals surface area (Å²) in [6.07, 6.45) is 0. The number of nitrogens with one attached hydrogen (secondary N) is 1. The van der Waals surface area contributed by atoms with Crippen LogP contribution in [0.5, 0.6) is 11.5 Å². The highest BCUT2D eigenvalue weighted by Crippen LogP contribution is 2.37. The van der Waals surface area contributed by atoms with Crippen LogP contribution in [0.1, 0.15) is 20.8 Å². The lowest BCUT2D eigenvalue weighted by Gasteiger charge is -2.13. The summed E-state index contributed by atoms with van der Waals surface area (Å²) in [5.74, 6) is 0.404. The Morgan fingerprint density at radius 1 is 1.47 bits per heavy atom. The number of benzene rings is 1. The highest BCUT2D eigenvalue weighted by Gasteiger charge is 2.09. The van der Waals surface area contributed by atoms with Crippen molar-refractivity contribution < 1.29 is 9.84 Å². The quantitative estimate of drug-likeness (QED) is 0.779. The van der Waals surface area contributed by atoms with Gasteiger partial charge in [0.25, 0.3) is 0 Å². The van der Waals surface area contributed by atoms with E-state index in [0.717, 1.165) is 5.69 Å². The number of anilines is 1. The lowest BCUT2D eigenvalue weighted by molar-refractivity contribution is 0.318. The standard InChI is InChI=1S/C11H16ClNO2/c1-4-15-10-6-8(13-7(2)3)5-9(12)11(10)14/h5-7,13-14H,4H2,1-3H3. The monoisotopic (exact) mass is 229 g/mol. The number of halogens is 1. The fraction of sp³-hybridized carbons (Fsp3) is 0.455. The Bertz CT molecular complexity index is 340. The zero-order chi connectivity index (χ0) is 11.4. The number of phenolic OH excluding ortho intramolecular Hbond substituents is 1. The fourth-order valence-electron chi connectivity index (χ4n) is 1.26. The van der Waals surface area contributed by atoms with Crippen molar-refractivity contribution in [3.8, 4) is 11.5 Å². The molecule has 0 saturated carbocycles. The molecule has 0 unspecified atom stereocenters. The molecule has 4 heteroatoms. The van der Waals surface area contributed by atoms with Crippen molar-refractivity contribution >= 4 is 17.3 Å². The van der Waals surface area contributed by atoms with Crippen LogP contribution in [0.3, 0.4) is 0 Å². The molecule has 0 spiro atoms. The summed E-state index contributed by atoms with van der Waals surface area (Å²) in [7, 11) is 0. The minimum absolute atomic E-state index is 0.00665. The van der Waals surface area contributed by atoms with Gasteiger partial charge in [-0.2, -0.15) is 0 Å². The van der Waals surface area contributed by atoms with Crippen LogP contribution in [-0.4, -0.2) is 17.8 Å². The van der Waals surface area contributed by atoms with Gasteiger partial charge >= 0.3 is 0 Å². The first-order valence-electron chi connectivity index (χ1n) is 4.96. The predicted molar refractivity (Wildman–Crippen MR) is 63.0 cm³/mol. The molecular formula is C11H16ClNO2. The van der Waals surface area contributed by atoms with E-state index in [4.69, 9.17) is 16.3 Å². The van der Waals surface area contributed by atoms with Gasteiger partial charge in [-0.05, 0) is 26.8 Å². The smallest absolute Gasteiger partial charge is 0.176 e. The van der Waals surface area contributed by atoms with Gasteiger partial charge in [0.1, 0.15) is 0 Å². The SMILES string of the molecule is CCOc1cc(NC(C)C)cc(Cl)c1O. The molecule has 0 bridgehead atoms. The molecular weight excluding hydrogens is 214 g/mol. The normalized spacial score (nSPS) is 10.5. The molecule has 15 heavy (non-hydrogen) atoms. The zero-order valence-corrected chi connectivity index (χ0v) is 9.93. The van der Waals surface area contributed by atoms with Gasteiger partial charge in [0.15, 0.2) is 11.5 Å². The number of ether oxygens (including phenoxy) is 1. The first-order valence-corrected chi connectivity index (χ1v) is 5.34. The number of aromatic hydroxyl groups is 1. The maximum atomic E-state index is 9.60. The van der Waals surface area contributed by atoms with Crippen molar-refractivity contribution in [1.82, 2.24) is 0 Å². The molecule has 0 aromatic heterocycles. The molecule has 1 rings (SSSR count). The number of rotatable bonds is 4. The van der Waals surface area contributed by atoms with Crippen molar-refractivity contribution in [3.05, 3.63) is 17.2 Å². The molecule has 1 aromatic rings. The minimum Gasteiger partial charge on any atom is -0.503 e. The molecule has 3 nitrogen and oxygen atoms in total. The van der Waals surface area contributed by atoms with Gasteiger partial charge in [-0.1, -0.05) is 11.6 Å². The third-order valence-electron chi connectivity index (χ3n) is 1.78. The Morgan fingerprint density at radius 2 is 2.13 bits per heavy atom. The van der Waals surface area contributed by atoms with Gasteiger partial charge in [0.05, 0.1) is 11.6 Å². The van der Waals surface area contributed by atoms with Crippen LogP contribution in [-0.2, 0) is 0 Å². The Morgan fingerprint density at radius 3 is 2.67 bits per heavy atom. The summed E-state index contributed by atoms with van der Waals surface area (Å²) in [6, 6.07) is 3.73. The summed E-state index contributed by atoms with van der Waals surface area (Å²) in [5.41, 5.74) is 0.844. The maximum absolute atomic E-state index is 9.60. The average molecular weight is 230 g/mol. The van der Waals surface area contributed by atoms with Crippen molar-refractivity contribution in [2.24, 2.45) is 0 Å². The van der Waals surface area contributed by atoms with Gasteiger partial charge in [-0.15, -0.1) is 0 Å². The zero-order valence-electron chi connectivity index (χ0n) is 9.17. The second-order valence-electron chi connectivity index (χ2n) is 3.54. The first kappa shape index (κ1) is 12.0. The highest BCUT2D eigenvalue weighted by atomic mass is 35.5. The van der Waals surface area contributed by atoms with Crippen molar-refractivity contribution in [2.75, 3.05) is 11.9 Å². The number of hydrogen-bond donors (Lipinski definition) is 2. The van der Waals surface area contributed by atoms with Crippen LogP contribution in [0.4, 0.5) is 5.69 Å². The molecule has 0 amide bonds. The molecule has 1 aromatic carbocycles. The molecule has 0 aliphatic rings. The third-order valence-corrected chi connectivity index (χ3v) is 2.07. The van der Waals surface area contributed by atoms with Crippen LogP contribution < -0.4 is 10.1 Å². The molecule has 84 valence electrons. The molecule has 2 N–H and O–H groups in total. The van der Waals surface area contributed by atoms with E-state index < -0.39 is 0 Å². The van der Waals surface area contributed by atoms with E-state index in [9.17, 15) is 5.11 Å². The molecule has 0 aliphatic heterocycles. The topological polar surface area (TPSA) is 41.5 Å². The molecule has 0 heterocycles. The summed E-state index contributed by atoms with van der Waals surface area (Å²) in [4.78, 5) is 0. The van der Waals surface area contributed by atoms with Gasteiger partial charge in [-0.3, -0.25) is 0 Å². The van der Waals surface area contributed by atoms with E-state index >= 15 is 0 Å². The highest BCUT2D eigenvalue weighted by molar-refractivity contribution is 6.32. The Balaban J connectivity index is 3.00.